The number of hydrogen-bond donors (Lipinski definition) is 1. The third-order valence-corrected chi connectivity index (χ3v) is 5.04. The Labute approximate surface area is 123 Å². The molecule has 0 aliphatic heterocycles. The second kappa shape index (κ2) is 7.26. The number of ether oxygens (including phenoxy) is 1. The number of carbonyl (C=O) groups excluding carboxylic acids is 1. The second-order valence-electron chi connectivity index (χ2n) is 6.16. The Morgan fingerprint density at radius 3 is 2.65 bits per heavy atom. The van der Waals surface area contributed by atoms with Crippen molar-refractivity contribution < 1.29 is 14.6 Å². The highest BCUT2D eigenvalue weighted by Gasteiger charge is 2.60. The van der Waals surface area contributed by atoms with Crippen molar-refractivity contribution in [2.24, 2.45) is 11.3 Å². The van der Waals surface area contributed by atoms with E-state index in [0.717, 1.165) is 38.5 Å². The van der Waals surface area contributed by atoms with E-state index in [1.165, 1.54) is 7.11 Å². The Balaban J connectivity index is 2.94. The highest BCUT2D eigenvalue weighted by Crippen LogP contribution is 2.54. The summed E-state index contributed by atoms with van der Waals surface area (Å²) in [6.45, 7) is 6.05. The summed E-state index contributed by atoms with van der Waals surface area (Å²) in [7, 11) is 1.43. The van der Waals surface area contributed by atoms with Gasteiger partial charge in [0.1, 0.15) is 0 Å². The first-order chi connectivity index (χ1) is 9.46. The zero-order valence-corrected chi connectivity index (χ0v) is 13.4. The van der Waals surface area contributed by atoms with Crippen LogP contribution in [-0.4, -0.2) is 23.8 Å². The first-order valence-corrected chi connectivity index (χ1v) is 7.92. The highest BCUT2D eigenvalue weighted by atomic mass is 16.5. The van der Waals surface area contributed by atoms with Crippen LogP contribution in [0.15, 0.2) is 12.2 Å². The summed E-state index contributed by atoms with van der Waals surface area (Å²) in [6, 6.07) is 0. The molecule has 0 aromatic carbocycles. The predicted octanol–water partition coefficient (Wildman–Crippen LogP) is 3.85. The molecule has 1 saturated carbocycles. The molecule has 3 nitrogen and oxygen atoms in total. The zero-order valence-electron chi connectivity index (χ0n) is 13.4. The maximum Gasteiger partial charge on any atom is 0.314 e. The van der Waals surface area contributed by atoms with Crippen LogP contribution in [0, 0.1) is 11.3 Å². The quantitative estimate of drug-likeness (QED) is 0.570. The third kappa shape index (κ3) is 3.08. The van der Waals surface area contributed by atoms with Crippen LogP contribution in [0.4, 0.5) is 0 Å². The van der Waals surface area contributed by atoms with Crippen LogP contribution >= 0.6 is 0 Å². The summed E-state index contributed by atoms with van der Waals surface area (Å²) in [5, 5.41) is 11.0. The fourth-order valence-electron chi connectivity index (χ4n) is 3.72. The van der Waals surface area contributed by atoms with Gasteiger partial charge in [0.25, 0.3) is 0 Å². The number of aliphatic hydroxyl groups is 1. The first-order valence-electron chi connectivity index (χ1n) is 7.92. The van der Waals surface area contributed by atoms with Crippen molar-refractivity contribution in [1.29, 1.82) is 0 Å². The molecule has 0 bridgehead atoms. The molecule has 0 spiro atoms. The SMILES string of the molecule is CC/C=C/CC[C@]1(C(=O)OC)CC[C@H](CCC)[C@@]1(C)O. The monoisotopic (exact) mass is 282 g/mol. The van der Waals surface area contributed by atoms with E-state index in [1.807, 2.05) is 6.92 Å². The van der Waals surface area contributed by atoms with Crippen LogP contribution in [-0.2, 0) is 9.53 Å². The molecular formula is C17H30O3. The Morgan fingerprint density at radius 1 is 1.40 bits per heavy atom. The average Bonchev–Trinajstić information content (AvgIpc) is 2.68. The lowest BCUT2D eigenvalue weighted by atomic mass is 9.69. The molecule has 1 fully saturated rings. The summed E-state index contributed by atoms with van der Waals surface area (Å²) in [4.78, 5) is 12.4. The minimum absolute atomic E-state index is 0.196. The van der Waals surface area contributed by atoms with Crippen molar-refractivity contribution >= 4 is 5.97 Å². The predicted molar refractivity (Wildman–Crippen MR) is 81.4 cm³/mol. The molecule has 1 aliphatic carbocycles. The Bertz CT molecular complexity index is 346. The zero-order chi connectivity index (χ0) is 15.2. The molecule has 0 aromatic heterocycles. The Morgan fingerprint density at radius 2 is 2.10 bits per heavy atom. The van der Waals surface area contributed by atoms with Crippen molar-refractivity contribution in [3.05, 3.63) is 12.2 Å². The number of allylic oxidation sites excluding steroid dienone is 2. The lowest BCUT2D eigenvalue weighted by molar-refractivity contribution is -0.171. The maximum atomic E-state index is 12.4. The largest absolute Gasteiger partial charge is 0.469 e. The number of rotatable bonds is 7. The minimum Gasteiger partial charge on any atom is -0.469 e. The van der Waals surface area contributed by atoms with Gasteiger partial charge < -0.3 is 9.84 Å². The van der Waals surface area contributed by atoms with E-state index in [0.29, 0.717) is 6.42 Å². The van der Waals surface area contributed by atoms with E-state index in [9.17, 15) is 9.90 Å². The topological polar surface area (TPSA) is 46.5 Å². The van der Waals surface area contributed by atoms with Crippen molar-refractivity contribution in [1.82, 2.24) is 0 Å². The van der Waals surface area contributed by atoms with Crippen molar-refractivity contribution in [3.63, 3.8) is 0 Å². The standard InChI is InChI=1S/C17H30O3/c1-5-7-8-9-12-17(15(18)20-4)13-11-14(10-6-2)16(17,3)19/h7-8,14,19H,5-6,9-13H2,1-4H3/b8-7+/t14-,16+,17+/m0/s1. The molecule has 0 radical (unpaired) electrons. The first kappa shape index (κ1) is 17.2. The fourth-order valence-corrected chi connectivity index (χ4v) is 3.72. The molecule has 0 saturated heterocycles. The van der Waals surface area contributed by atoms with Gasteiger partial charge in [-0.2, -0.15) is 0 Å². The number of hydrogen-bond acceptors (Lipinski definition) is 3. The molecule has 0 unspecified atom stereocenters. The summed E-state index contributed by atoms with van der Waals surface area (Å²) < 4.78 is 5.03. The summed E-state index contributed by atoms with van der Waals surface area (Å²) in [5.41, 5.74) is -1.70. The normalized spacial score (nSPS) is 33.8. The molecule has 0 amide bonds. The van der Waals surface area contributed by atoms with Gasteiger partial charge in [0.15, 0.2) is 0 Å². The van der Waals surface area contributed by atoms with E-state index >= 15 is 0 Å². The van der Waals surface area contributed by atoms with Gasteiger partial charge >= 0.3 is 5.97 Å². The molecule has 3 heteroatoms. The smallest absolute Gasteiger partial charge is 0.314 e. The van der Waals surface area contributed by atoms with E-state index in [-0.39, 0.29) is 11.9 Å². The third-order valence-electron chi connectivity index (χ3n) is 5.04. The fraction of sp³-hybridized carbons (Fsp3) is 0.824. The van der Waals surface area contributed by atoms with Crippen LogP contribution in [0.25, 0.3) is 0 Å². The number of esters is 1. The van der Waals surface area contributed by atoms with Crippen LogP contribution in [0.5, 0.6) is 0 Å². The molecule has 1 N–H and O–H groups in total. The maximum absolute atomic E-state index is 12.4. The number of carbonyl (C=O) groups is 1. The van der Waals surface area contributed by atoms with Gasteiger partial charge in [-0.3, -0.25) is 4.79 Å². The minimum atomic E-state index is -0.962. The number of methoxy groups -OCH3 is 1. The van der Waals surface area contributed by atoms with E-state index in [4.69, 9.17) is 4.74 Å². The van der Waals surface area contributed by atoms with Gasteiger partial charge in [-0.1, -0.05) is 32.4 Å². The van der Waals surface area contributed by atoms with Gasteiger partial charge in [0, 0.05) is 0 Å². The van der Waals surface area contributed by atoms with E-state index in [2.05, 4.69) is 26.0 Å². The van der Waals surface area contributed by atoms with Gasteiger partial charge in [0.05, 0.1) is 18.1 Å². The summed E-state index contributed by atoms with van der Waals surface area (Å²) >= 11 is 0. The van der Waals surface area contributed by atoms with Gasteiger partial charge in [-0.05, 0) is 51.4 Å². The lowest BCUT2D eigenvalue weighted by Crippen LogP contribution is -2.51. The molecule has 3 atom stereocenters. The summed E-state index contributed by atoms with van der Waals surface area (Å²) in [6.07, 6.45) is 10.3. The van der Waals surface area contributed by atoms with E-state index in [1.54, 1.807) is 0 Å². The molecule has 116 valence electrons. The molecule has 1 rings (SSSR count). The van der Waals surface area contributed by atoms with Crippen molar-refractivity contribution in [3.8, 4) is 0 Å². The molecule has 1 aliphatic rings. The van der Waals surface area contributed by atoms with Crippen LogP contribution in [0.3, 0.4) is 0 Å². The van der Waals surface area contributed by atoms with Gasteiger partial charge in [-0.15, -0.1) is 0 Å². The summed E-state index contributed by atoms with van der Waals surface area (Å²) in [5.74, 6) is -0.0484. The molecule has 0 heterocycles. The van der Waals surface area contributed by atoms with Gasteiger partial charge in [0.2, 0.25) is 0 Å². The van der Waals surface area contributed by atoms with Crippen LogP contribution in [0.2, 0.25) is 0 Å². The average molecular weight is 282 g/mol. The van der Waals surface area contributed by atoms with Crippen LogP contribution < -0.4 is 0 Å². The molecular weight excluding hydrogens is 252 g/mol. The van der Waals surface area contributed by atoms with Gasteiger partial charge in [-0.25, -0.2) is 0 Å². The van der Waals surface area contributed by atoms with Crippen LogP contribution in [0.1, 0.15) is 65.7 Å². The highest BCUT2D eigenvalue weighted by molar-refractivity contribution is 5.79. The van der Waals surface area contributed by atoms with Crippen molar-refractivity contribution in [2.45, 2.75) is 71.3 Å². The Hall–Kier alpha value is -0.830. The van der Waals surface area contributed by atoms with E-state index < -0.39 is 11.0 Å². The van der Waals surface area contributed by atoms with Crippen molar-refractivity contribution in [2.75, 3.05) is 7.11 Å². The Kier molecular flexibility index (Phi) is 6.25. The second-order valence-corrected chi connectivity index (χ2v) is 6.16. The molecule has 0 aromatic rings. The molecule has 20 heavy (non-hydrogen) atoms. The lowest BCUT2D eigenvalue weighted by Gasteiger charge is -2.40.